The van der Waals surface area contributed by atoms with Crippen LogP contribution in [0.15, 0.2) is 15.2 Å². The van der Waals surface area contributed by atoms with E-state index in [0.29, 0.717) is 19.0 Å². The summed E-state index contributed by atoms with van der Waals surface area (Å²) in [4.78, 5) is 0. The average Bonchev–Trinajstić information content (AvgIpc) is 2.84. The predicted molar refractivity (Wildman–Crippen MR) is 87.5 cm³/mol. The zero-order valence-electron chi connectivity index (χ0n) is 11.3. The molecule has 1 aromatic rings. The monoisotopic (exact) mass is 400 g/mol. The zero-order chi connectivity index (χ0) is 14.8. The van der Waals surface area contributed by atoms with Crippen LogP contribution in [0.5, 0.6) is 0 Å². The quantitative estimate of drug-likeness (QED) is 0.710. The van der Waals surface area contributed by atoms with Crippen LogP contribution in [0, 0.1) is 0 Å². The fraction of sp³-hybridized carbons (Fsp3) is 0.667. The maximum Gasteiger partial charge on any atom is 0.282 e. The number of halogens is 2. The predicted octanol–water partition coefficient (Wildman–Crippen LogP) is 3.28. The van der Waals surface area contributed by atoms with Gasteiger partial charge in [0.1, 0.15) is 0 Å². The van der Waals surface area contributed by atoms with Gasteiger partial charge in [-0.3, -0.25) is 0 Å². The Morgan fingerprint density at radius 1 is 1.55 bits per heavy atom. The van der Waals surface area contributed by atoms with Gasteiger partial charge in [0.05, 0.1) is 3.79 Å². The first-order chi connectivity index (χ1) is 9.45. The maximum absolute atomic E-state index is 12.7. The molecule has 0 aromatic carbocycles. The third kappa shape index (κ3) is 3.75. The minimum absolute atomic E-state index is 0.0768. The van der Waals surface area contributed by atoms with Crippen molar-refractivity contribution in [1.29, 1.82) is 0 Å². The molecule has 1 saturated heterocycles. The molecule has 114 valence electrons. The summed E-state index contributed by atoms with van der Waals surface area (Å²) >= 11 is 10.9. The fourth-order valence-electron chi connectivity index (χ4n) is 2.38. The lowest BCUT2D eigenvalue weighted by molar-refractivity contribution is 0.251. The van der Waals surface area contributed by atoms with Gasteiger partial charge in [0.15, 0.2) is 0 Å². The van der Waals surface area contributed by atoms with Gasteiger partial charge in [-0.25, -0.2) is 0 Å². The first-order valence-electron chi connectivity index (χ1n) is 6.47. The molecule has 0 spiro atoms. The van der Waals surface area contributed by atoms with E-state index < -0.39 is 10.2 Å². The van der Waals surface area contributed by atoms with Crippen molar-refractivity contribution in [2.24, 2.45) is 0 Å². The minimum Gasteiger partial charge on any atom is -0.195 e. The Kier molecular flexibility index (Phi) is 5.90. The van der Waals surface area contributed by atoms with Gasteiger partial charge >= 0.3 is 0 Å². The first-order valence-corrected chi connectivity index (χ1v) is 10.1. The van der Waals surface area contributed by atoms with Crippen LogP contribution in [0.2, 0.25) is 0 Å². The van der Waals surface area contributed by atoms with E-state index in [-0.39, 0.29) is 6.04 Å². The van der Waals surface area contributed by atoms with Crippen molar-refractivity contribution in [3.63, 3.8) is 0 Å². The molecule has 2 heterocycles. The molecule has 1 atom stereocenters. The van der Waals surface area contributed by atoms with E-state index in [9.17, 15) is 8.42 Å². The Bertz CT molecular complexity index is 549. The zero-order valence-corrected chi connectivity index (χ0v) is 15.2. The normalized spacial score (nSPS) is 21.5. The van der Waals surface area contributed by atoms with E-state index >= 15 is 0 Å². The van der Waals surface area contributed by atoms with Crippen molar-refractivity contribution in [3.05, 3.63) is 20.8 Å². The second kappa shape index (κ2) is 7.07. The van der Waals surface area contributed by atoms with Crippen LogP contribution >= 0.6 is 38.9 Å². The van der Waals surface area contributed by atoms with E-state index in [2.05, 4.69) is 15.9 Å². The SMILES string of the molecule is CN(Cc1csc(Br)c1)S(=O)(=O)N1CCCCC1CCl. The van der Waals surface area contributed by atoms with Crippen molar-refractivity contribution < 1.29 is 8.42 Å². The molecule has 0 aliphatic carbocycles. The second-order valence-electron chi connectivity index (χ2n) is 4.94. The van der Waals surface area contributed by atoms with Crippen LogP contribution < -0.4 is 0 Å². The van der Waals surface area contributed by atoms with Crippen molar-refractivity contribution >= 4 is 49.1 Å². The minimum atomic E-state index is -3.44. The van der Waals surface area contributed by atoms with Gasteiger partial charge in [0.2, 0.25) is 0 Å². The number of alkyl halides is 1. The van der Waals surface area contributed by atoms with Crippen LogP contribution in [0.25, 0.3) is 0 Å². The molecule has 1 aliphatic rings. The van der Waals surface area contributed by atoms with Crippen molar-refractivity contribution in [2.75, 3.05) is 19.5 Å². The smallest absolute Gasteiger partial charge is 0.195 e. The first kappa shape index (κ1) is 16.7. The lowest BCUT2D eigenvalue weighted by Crippen LogP contribution is -2.50. The molecular weight excluding hydrogens is 384 g/mol. The van der Waals surface area contributed by atoms with Gasteiger partial charge in [-0.2, -0.15) is 17.0 Å². The highest BCUT2D eigenvalue weighted by molar-refractivity contribution is 9.11. The highest BCUT2D eigenvalue weighted by atomic mass is 79.9. The Morgan fingerprint density at radius 3 is 2.90 bits per heavy atom. The van der Waals surface area contributed by atoms with Crippen LogP contribution in [-0.4, -0.2) is 42.5 Å². The summed E-state index contributed by atoms with van der Waals surface area (Å²) in [5.74, 6) is 0.358. The molecule has 0 N–H and O–H groups in total. The number of rotatable bonds is 5. The van der Waals surface area contributed by atoms with Gasteiger partial charge in [-0.15, -0.1) is 22.9 Å². The Morgan fingerprint density at radius 2 is 2.30 bits per heavy atom. The van der Waals surface area contributed by atoms with Crippen molar-refractivity contribution in [3.8, 4) is 0 Å². The Balaban J connectivity index is 2.11. The molecule has 2 rings (SSSR count). The molecule has 20 heavy (non-hydrogen) atoms. The van der Waals surface area contributed by atoms with Gasteiger partial charge in [0.25, 0.3) is 10.2 Å². The third-order valence-electron chi connectivity index (χ3n) is 3.47. The number of thiophene rings is 1. The maximum atomic E-state index is 12.7. The van der Waals surface area contributed by atoms with E-state index in [1.165, 1.54) is 4.31 Å². The number of hydrogen-bond acceptors (Lipinski definition) is 3. The summed E-state index contributed by atoms with van der Waals surface area (Å²) < 4.78 is 29.3. The highest BCUT2D eigenvalue weighted by Gasteiger charge is 2.34. The van der Waals surface area contributed by atoms with Crippen LogP contribution in [0.4, 0.5) is 0 Å². The van der Waals surface area contributed by atoms with Gasteiger partial charge in [0, 0.05) is 32.1 Å². The summed E-state index contributed by atoms with van der Waals surface area (Å²) in [6, 6.07) is 1.87. The van der Waals surface area contributed by atoms with Crippen molar-refractivity contribution in [1.82, 2.24) is 8.61 Å². The molecule has 1 fully saturated rings. The molecule has 0 bridgehead atoms. The molecule has 1 aliphatic heterocycles. The fourth-order valence-corrected chi connectivity index (χ4v) is 5.57. The molecule has 0 saturated carbocycles. The van der Waals surface area contributed by atoms with E-state index in [1.54, 1.807) is 22.7 Å². The Hall–Kier alpha value is 0.340. The summed E-state index contributed by atoms with van der Waals surface area (Å²) in [5, 5.41) is 1.96. The molecule has 0 radical (unpaired) electrons. The number of hydrogen-bond donors (Lipinski definition) is 0. The molecule has 1 aromatic heterocycles. The topological polar surface area (TPSA) is 40.6 Å². The highest BCUT2D eigenvalue weighted by Crippen LogP contribution is 2.26. The summed E-state index contributed by atoms with van der Waals surface area (Å²) in [5.41, 5.74) is 0.993. The Labute approximate surface area is 138 Å². The van der Waals surface area contributed by atoms with Gasteiger partial charge in [-0.1, -0.05) is 6.42 Å². The van der Waals surface area contributed by atoms with Gasteiger partial charge < -0.3 is 0 Å². The second-order valence-corrected chi connectivity index (χ2v) is 9.52. The summed E-state index contributed by atoms with van der Waals surface area (Å²) in [6.45, 7) is 0.952. The van der Waals surface area contributed by atoms with E-state index in [4.69, 9.17) is 11.6 Å². The number of piperidine rings is 1. The van der Waals surface area contributed by atoms with E-state index in [1.807, 2.05) is 11.4 Å². The van der Waals surface area contributed by atoms with Gasteiger partial charge in [-0.05, 0) is 45.8 Å². The molecule has 0 amide bonds. The molecule has 4 nitrogen and oxygen atoms in total. The number of nitrogens with zero attached hydrogens (tertiary/aromatic N) is 2. The van der Waals surface area contributed by atoms with Crippen LogP contribution in [-0.2, 0) is 16.8 Å². The summed E-state index contributed by atoms with van der Waals surface area (Å²) in [6.07, 6.45) is 2.80. The lowest BCUT2D eigenvalue weighted by Gasteiger charge is -2.36. The molecule has 1 unspecified atom stereocenters. The average molecular weight is 402 g/mol. The van der Waals surface area contributed by atoms with Crippen LogP contribution in [0.3, 0.4) is 0 Å². The molecule has 8 heteroatoms. The largest absolute Gasteiger partial charge is 0.282 e. The van der Waals surface area contributed by atoms with Crippen molar-refractivity contribution in [2.45, 2.75) is 31.8 Å². The molecular formula is C12H18BrClN2O2S2. The third-order valence-corrected chi connectivity index (χ3v) is 7.37. The van der Waals surface area contributed by atoms with E-state index in [0.717, 1.165) is 28.6 Å². The lowest BCUT2D eigenvalue weighted by atomic mass is 10.1. The van der Waals surface area contributed by atoms with Crippen LogP contribution in [0.1, 0.15) is 24.8 Å². The summed E-state index contributed by atoms with van der Waals surface area (Å²) in [7, 11) is -1.81. The standard InChI is InChI=1S/C12H18BrClN2O2S2/c1-15(8-10-6-12(13)19-9-10)20(17,18)16-5-3-2-4-11(16)7-14/h6,9,11H,2-5,7-8H2,1H3.